The van der Waals surface area contributed by atoms with E-state index < -0.39 is 29.7 Å². The Morgan fingerprint density at radius 1 is 1.23 bits per heavy atom. The van der Waals surface area contributed by atoms with E-state index >= 15 is 0 Å². The Kier molecular flexibility index (Phi) is 6.50. The first-order valence-electron chi connectivity index (χ1n) is 10.1. The molecule has 1 aromatic carbocycles. The molecular weight excluding hydrogens is 396 g/mol. The molecule has 8 nitrogen and oxygen atoms in total. The topological polar surface area (TPSA) is 103 Å². The third-order valence-electron chi connectivity index (χ3n) is 5.42. The van der Waals surface area contributed by atoms with Gasteiger partial charge in [0, 0.05) is 12.7 Å². The summed E-state index contributed by atoms with van der Waals surface area (Å²) in [5, 5.41) is 16.0. The molecule has 0 saturated heterocycles. The molecule has 0 radical (unpaired) electrons. The zero-order valence-corrected chi connectivity index (χ0v) is 18.0. The van der Waals surface area contributed by atoms with Crippen LogP contribution in [0, 0.1) is 6.92 Å². The smallest absolute Gasteiger partial charge is 0.327 e. The molecule has 2 heterocycles. The lowest BCUT2D eigenvalue weighted by Gasteiger charge is -2.46. The molecule has 0 aliphatic carbocycles. The number of Topliss-reactive ketones (excluding diaryl/α,β-unsaturated/α-hetero) is 1. The fourth-order valence-corrected chi connectivity index (χ4v) is 3.84. The fourth-order valence-electron chi connectivity index (χ4n) is 3.84. The average molecular weight is 422 g/mol. The van der Waals surface area contributed by atoms with Gasteiger partial charge in [-0.25, -0.2) is 0 Å². The zero-order valence-electron chi connectivity index (χ0n) is 18.0. The standard InChI is InChI=1S/C23H26N4O4/c1-5-26-22(29)20(25-18-13-24-12-11-14(18)2)19(16(4)28)21(23(30)31)27(26)15(3)17-9-7-6-8-10-17/h6-13,15,21,25H,5H2,1-4H3,(H,30,31). The van der Waals surface area contributed by atoms with Crippen molar-refractivity contribution in [1.82, 2.24) is 15.0 Å². The van der Waals surface area contributed by atoms with Gasteiger partial charge in [0.05, 0.1) is 23.5 Å². The van der Waals surface area contributed by atoms with Gasteiger partial charge in [-0.05, 0) is 44.9 Å². The van der Waals surface area contributed by atoms with Crippen LogP contribution in [0.15, 0.2) is 60.1 Å². The molecule has 162 valence electrons. The minimum absolute atomic E-state index is 0.0330. The number of pyridine rings is 1. The summed E-state index contributed by atoms with van der Waals surface area (Å²) >= 11 is 0. The van der Waals surface area contributed by atoms with Crippen LogP contribution in [0.25, 0.3) is 0 Å². The predicted octanol–water partition coefficient (Wildman–Crippen LogP) is 2.94. The van der Waals surface area contributed by atoms with Gasteiger partial charge in [0.15, 0.2) is 11.8 Å². The molecule has 1 aliphatic rings. The quantitative estimate of drug-likeness (QED) is 0.707. The second-order valence-corrected chi connectivity index (χ2v) is 7.39. The summed E-state index contributed by atoms with van der Waals surface area (Å²) in [7, 11) is 0. The molecule has 31 heavy (non-hydrogen) atoms. The van der Waals surface area contributed by atoms with Crippen molar-refractivity contribution in [3.63, 3.8) is 0 Å². The summed E-state index contributed by atoms with van der Waals surface area (Å²) in [6, 6.07) is 9.28. The normalized spacial score (nSPS) is 18.1. The number of aliphatic carboxylic acids is 1. The first-order valence-corrected chi connectivity index (χ1v) is 10.1. The van der Waals surface area contributed by atoms with E-state index in [1.807, 2.05) is 44.2 Å². The van der Waals surface area contributed by atoms with Gasteiger partial charge in [-0.2, -0.15) is 5.01 Å². The number of carbonyl (C=O) groups is 3. The molecular formula is C23H26N4O4. The number of benzene rings is 1. The maximum atomic E-state index is 13.5. The first kappa shape index (κ1) is 22.2. The van der Waals surface area contributed by atoms with Gasteiger partial charge in [0.2, 0.25) is 0 Å². The number of amides is 1. The van der Waals surface area contributed by atoms with E-state index in [-0.39, 0.29) is 17.8 Å². The van der Waals surface area contributed by atoms with E-state index in [9.17, 15) is 19.5 Å². The molecule has 0 fully saturated rings. The largest absolute Gasteiger partial charge is 0.480 e. The number of hydrogen-bond acceptors (Lipinski definition) is 6. The van der Waals surface area contributed by atoms with E-state index in [0.29, 0.717) is 5.69 Å². The lowest BCUT2D eigenvalue weighted by atomic mass is 9.94. The molecule has 8 heteroatoms. The molecule has 3 rings (SSSR count). The Labute approximate surface area is 181 Å². The first-order chi connectivity index (χ1) is 14.8. The number of carbonyl (C=O) groups excluding carboxylic acids is 2. The van der Waals surface area contributed by atoms with Gasteiger partial charge >= 0.3 is 5.97 Å². The van der Waals surface area contributed by atoms with Crippen molar-refractivity contribution in [3.8, 4) is 0 Å². The maximum absolute atomic E-state index is 13.5. The van der Waals surface area contributed by atoms with E-state index in [1.165, 1.54) is 16.9 Å². The summed E-state index contributed by atoms with van der Waals surface area (Å²) < 4.78 is 0. The molecule has 2 atom stereocenters. The minimum atomic E-state index is -1.33. The Morgan fingerprint density at radius 3 is 2.45 bits per heavy atom. The summed E-state index contributed by atoms with van der Waals surface area (Å²) in [5.74, 6) is -2.15. The summed E-state index contributed by atoms with van der Waals surface area (Å²) in [6.07, 6.45) is 3.16. The highest BCUT2D eigenvalue weighted by molar-refractivity contribution is 6.11. The predicted molar refractivity (Wildman–Crippen MR) is 116 cm³/mol. The fraction of sp³-hybridized carbons (Fsp3) is 0.304. The zero-order chi connectivity index (χ0) is 22.7. The van der Waals surface area contributed by atoms with Crippen molar-refractivity contribution in [2.75, 3.05) is 11.9 Å². The van der Waals surface area contributed by atoms with Crippen LogP contribution in [-0.2, 0) is 14.4 Å². The highest BCUT2D eigenvalue weighted by Gasteiger charge is 2.47. The van der Waals surface area contributed by atoms with Crippen LogP contribution in [0.3, 0.4) is 0 Å². The average Bonchev–Trinajstić information content (AvgIpc) is 2.75. The minimum Gasteiger partial charge on any atom is -0.480 e. The van der Waals surface area contributed by atoms with Gasteiger partial charge < -0.3 is 10.4 Å². The number of ketones is 1. The third kappa shape index (κ3) is 4.20. The number of anilines is 1. The number of hydrazine groups is 1. The molecule has 1 aromatic heterocycles. The van der Waals surface area contributed by atoms with Crippen LogP contribution in [0.4, 0.5) is 5.69 Å². The molecule has 1 aliphatic heterocycles. The van der Waals surface area contributed by atoms with E-state index in [0.717, 1.165) is 11.1 Å². The molecule has 2 N–H and O–H groups in total. The molecule has 0 spiro atoms. The molecule has 2 unspecified atom stereocenters. The Bertz CT molecular complexity index is 1030. The van der Waals surface area contributed by atoms with Gasteiger partial charge in [-0.1, -0.05) is 30.3 Å². The highest BCUT2D eigenvalue weighted by Crippen LogP contribution is 2.34. The molecule has 2 aromatic rings. The number of likely N-dealkylation sites (N-methyl/N-ethyl adjacent to an activating group) is 1. The van der Waals surface area contributed by atoms with Crippen molar-refractivity contribution in [3.05, 3.63) is 71.2 Å². The van der Waals surface area contributed by atoms with Crippen LogP contribution in [-0.4, -0.2) is 50.4 Å². The molecule has 1 amide bonds. The maximum Gasteiger partial charge on any atom is 0.327 e. The van der Waals surface area contributed by atoms with Crippen LogP contribution >= 0.6 is 0 Å². The summed E-state index contributed by atoms with van der Waals surface area (Å²) in [5.41, 5.74) is 2.08. The monoisotopic (exact) mass is 422 g/mol. The van der Waals surface area contributed by atoms with E-state index in [4.69, 9.17) is 0 Å². The van der Waals surface area contributed by atoms with Crippen LogP contribution in [0.5, 0.6) is 0 Å². The van der Waals surface area contributed by atoms with Crippen molar-refractivity contribution in [1.29, 1.82) is 0 Å². The molecule has 0 saturated carbocycles. The molecule has 0 bridgehead atoms. The van der Waals surface area contributed by atoms with Crippen molar-refractivity contribution in [2.45, 2.75) is 39.8 Å². The lowest BCUT2D eigenvalue weighted by molar-refractivity contribution is -0.169. The van der Waals surface area contributed by atoms with Gasteiger partial charge in [0.1, 0.15) is 5.70 Å². The van der Waals surface area contributed by atoms with Crippen LogP contribution < -0.4 is 5.32 Å². The summed E-state index contributed by atoms with van der Waals surface area (Å²) in [6.45, 7) is 6.95. The summed E-state index contributed by atoms with van der Waals surface area (Å²) in [4.78, 5) is 42.7. The van der Waals surface area contributed by atoms with Gasteiger partial charge in [0.25, 0.3) is 5.91 Å². The number of aryl methyl sites for hydroxylation is 1. The lowest BCUT2D eigenvalue weighted by Crippen LogP contribution is -2.61. The van der Waals surface area contributed by atoms with E-state index in [2.05, 4.69) is 10.3 Å². The van der Waals surface area contributed by atoms with Gasteiger partial charge in [-0.15, -0.1) is 0 Å². The number of nitrogens with one attached hydrogen (secondary N) is 1. The Balaban J connectivity index is 2.19. The van der Waals surface area contributed by atoms with Crippen LogP contribution in [0.1, 0.15) is 37.9 Å². The Morgan fingerprint density at radius 2 is 1.90 bits per heavy atom. The van der Waals surface area contributed by atoms with E-state index in [1.54, 1.807) is 25.4 Å². The SMILES string of the molecule is CCN1C(=O)C(Nc2cnccc2C)=C(C(C)=O)C(C(=O)O)N1C(C)c1ccccc1. The number of carboxylic acids is 1. The van der Waals surface area contributed by atoms with Crippen molar-refractivity contribution >= 4 is 23.3 Å². The second-order valence-electron chi connectivity index (χ2n) is 7.39. The number of rotatable bonds is 7. The van der Waals surface area contributed by atoms with Crippen LogP contribution in [0.2, 0.25) is 0 Å². The number of carboxylic acid groups (broad SMARTS) is 1. The third-order valence-corrected chi connectivity index (χ3v) is 5.42. The second kappa shape index (κ2) is 9.09. The number of nitrogens with zero attached hydrogens (tertiary/aromatic N) is 3. The number of aromatic nitrogens is 1. The van der Waals surface area contributed by atoms with Gasteiger partial charge in [-0.3, -0.25) is 24.4 Å². The number of hydrogen-bond donors (Lipinski definition) is 2. The van der Waals surface area contributed by atoms with Crippen molar-refractivity contribution < 1.29 is 19.5 Å². The Hall–Kier alpha value is -3.52. The highest BCUT2D eigenvalue weighted by atomic mass is 16.4. The van der Waals surface area contributed by atoms with Crippen molar-refractivity contribution in [2.24, 2.45) is 0 Å².